The Morgan fingerprint density at radius 1 is 1.15 bits per heavy atom. The van der Waals surface area contributed by atoms with Crippen molar-refractivity contribution in [3.63, 3.8) is 0 Å². The Bertz CT molecular complexity index is 1000. The van der Waals surface area contributed by atoms with Crippen LogP contribution in [0.5, 0.6) is 5.75 Å². The normalized spacial score (nSPS) is 12.2. The number of ether oxygens (including phenoxy) is 2. The maximum absolute atomic E-state index is 12.7. The van der Waals surface area contributed by atoms with Crippen LogP contribution in [0.25, 0.3) is 0 Å². The van der Waals surface area contributed by atoms with Crippen molar-refractivity contribution in [2.24, 2.45) is 0 Å². The van der Waals surface area contributed by atoms with E-state index in [9.17, 15) is 24.5 Å². The van der Waals surface area contributed by atoms with E-state index >= 15 is 0 Å². The maximum Gasteiger partial charge on any atom is 0.329 e. The van der Waals surface area contributed by atoms with Crippen LogP contribution in [-0.2, 0) is 14.3 Å². The van der Waals surface area contributed by atoms with Crippen molar-refractivity contribution in [1.29, 1.82) is 0 Å². The highest BCUT2D eigenvalue weighted by Gasteiger charge is 2.28. The van der Waals surface area contributed by atoms with Crippen molar-refractivity contribution in [2.45, 2.75) is 25.5 Å². The molecule has 0 saturated heterocycles. The van der Waals surface area contributed by atoms with Gasteiger partial charge in [0.25, 0.3) is 17.5 Å². The van der Waals surface area contributed by atoms with Gasteiger partial charge in [-0.05, 0) is 49.6 Å². The fraction of sp³-hybridized carbons (Fsp3) is 0.318. The van der Waals surface area contributed by atoms with Crippen molar-refractivity contribution in [3.05, 3.63) is 64.2 Å². The molecular formula is C22H25N3O7S. The van der Waals surface area contributed by atoms with Crippen molar-refractivity contribution >= 4 is 40.9 Å². The topological polar surface area (TPSA) is 137 Å². The minimum atomic E-state index is -1.26. The molecular weight excluding hydrogens is 450 g/mol. The van der Waals surface area contributed by atoms with Gasteiger partial charge >= 0.3 is 5.97 Å². The van der Waals surface area contributed by atoms with Crippen LogP contribution < -0.4 is 15.4 Å². The summed E-state index contributed by atoms with van der Waals surface area (Å²) in [5, 5.41) is 16.3. The Hall–Kier alpha value is -3.60. The molecule has 2 atom stereocenters. The van der Waals surface area contributed by atoms with Gasteiger partial charge in [-0.3, -0.25) is 19.7 Å². The molecule has 2 unspecified atom stereocenters. The highest BCUT2D eigenvalue weighted by atomic mass is 32.2. The largest absolute Gasteiger partial charge is 0.496 e. The third kappa shape index (κ3) is 7.49. The van der Waals surface area contributed by atoms with Crippen LogP contribution in [0.3, 0.4) is 0 Å². The molecule has 0 aliphatic heterocycles. The van der Waals surface area contributed by atoms with Gasteiger partial charge in [0.05, 0.1) is 18.1 Å². The number of nitrogens with one attached hydrogen (secondary N) is 2. The summed E-state index contributed by atoms with van der Waals surface area (Å²) in [5.41, 5.74) is -0.0451. The Labute approximate surface area is 195 Å². The van der Waals surface area contributed by atoms with Crippen LogP contribution in [0.15, 0.2) is 48.5 Å². The smallest absolute Gasteiger partial charge is 0.329 e. The van der Waals surface area contributed by atoms with Crippen LogP contribution in [0, 0.1) is 10.1 Å². The first-order chi connectivity index (χ1) is 15.8. The van der Waals surface area contributed by atoms with Gasteiger partial charge in [0.15, 0.2) is 6.10 Å². The minimum absolute atomic E-state index is 0.0648. The number of esters is 1. The fourth-order valence-corrected chi connectivity index (χ4v) is 3.23. The summed E-state index contributed by atoms with van der Waals surface area (Å²) in [5.74, 6) is -1.14. The molecule has 0 aliphatic rings. The summed E-state index contributed by atoms with van der Waals surface area (Å²) in [6.07, 6.45) is 0.903. The Balaban J connectivity index is 2.07. The molecule has 2 N–H and O–H groups in total. The fourth-order valence-electron chi connectivity index (χ4n) is 2.76. The molecule has 2 aromatic carbocycles. The van der Waals surface area contributed by atoms with Gasteiger partial charge in [-0.1, -0.05) is 18.2 Å². The maximum atomic E-state index is 12.7. The Kier molecular flexibility index (Phi) is 9.67. The molecule has 11 heteroatoms. The van der Waals surface area contributed by atoms with E-state index in [4.69, 9.17) is 9.47 Å². The Morgan fingerprint density at radius 2 is 1.85 bits per heavy atom. The second-order valence-electron chi connectivity index (χ2n) is 6.88. The predicted molar refractivity (Wildman–Crippen MR) is 125 cm³/mol. The monoisotopic (exact) mass is 475 g/mol. The summed E-state index contributed by atoms with van der Waals surface area (Å²) in [6.45, 7) is 1.34. The lowest BCUT2D eigenvalue weighted by atomic mass is 10.1. The number of carbonyl (C=O) groups excluding carboxylic acids is 3. The van der Waals surface area contributed by atoms with Gasteiger partial charge in [-0.2, -0.15) is 11.8 Å². The zero-order valence-electron chi connectivity index (χ0n) is 18.4. The summed E-state index contributed by atoms with van der Waals surface area (Å²) in [6, 6.07) is 11.4. The second kappa shape index (κ2) is 12.4. The van der Waals surface area contributed by atoms with Gasteiger partial charge in [-0.25, -0.2) is 4.79 Å². The second-order valence-corrected chi connectivity index (χ2v) is 7.87. The summed E-state index contributed by atoms with van der Waals surface area (Å²) < 4.78 is 10.2. The standard InChI is InChI=1S/C22H25N3O7S/c1-14(20(26)23-17-10-9-16(31-2)13-19(17)25(29)30)32-22(28)18(11-12-33-3)24-21(27)15-7-5-4-6-8-15/h4-10,13-14,18H,11-12H2,1-3H3,(H,23,26)(H,24,27). The molecule has 2 amide bonds. The van der Waals surface area contributed by atoms with Crippen molar-refractivity contribution < 1.29 is 28.8 Å². The van der Waals surface area contributed by atoms with E-state index in [2.05, 4.69) is 10.6 Å². The van der Waals surface area contributed by atoms with Gasteiger partial charge in [0, 0.05) is 5.56 Å². The van der Waals surface area contributed by atoms with E-state index < -0.39 is 34.9 Å². The number of nitrogens with zero attached hydrogens (tertiary/aromatic N) is 1. The van der Waals surface area contributed by atoms with E-state index in [0.29, 0.717) is 17.7 Å². The molecule has 0 aliphatic carbocycles. The summed E-state index contributed by atoms with van der Waals surface area (Å²) >= 11 is 1.49. The number of methoxy groups -OCH3 is 1. The quantitative estimate of drug-likeness (QED) is 0.287. The van der Waals surface area contributed by atoms with Crippen molar-refractivity contribution in [2.75, 3.05) is 24.4 Å². The van der Waals surface area contributed by atoms with Crippen LogP contribution in [0.1, 0.15) is 23.7 Å². The van der Waals surface area contributed by atoms with E-state index in [1.807, 2.05) is 6.26 Å². The lowest BCUT2D eigenvalue weighted by Gasteiger charge is -2.20. The lowest BCUT2D eigenvalue weighted by Crippen LogP contribution is -2.44. The number of anilines is 1. The molecule has 0 heterocycles. The summed E-state index contributed by atoms with van der Waals surface area (Å²) in [7, 11) is 1.36. The average molecular weight is 476 g/mol. The first-order valence-corrected chi connectivity index (χ1v) is 11.3. The van der Waals surface area contributed by atoms with Crippen molar-refractivity contribution in [3.8, 4) is 5.75 Å². The molecule has 176 valence electrons. The molecule has 33 heavy (non-hydrogen) atoms. The number of thioether (sulfide) groups is 1. The van der Waals surface area contributed by atoms with E-state index in [1.54, 1.807) is 30.3 Å². The first-order valence-electron chi connectivity index (χ1n) is 9.95. The van der Waals surface area contributed by atoms with Gasteiger partial charge in [0.1, 0.15) is 17.5 Å². The molecule has 0 spiro atoms. The van der Waals surface area contributed by atoms with E-state index in [1.165, 1.54) is 44.0 Å². The average Bonchev–Trinajstić information content (AvgIpc) is 2.81. The van der Waals surface area contributed by atoms with E-state index in [-0.39, 0.29) is 17.1 Å². The molecule has 0 radical (unpaired) electrons. The van der Waals surface area contributed by atoms with Crippen molar-refractivity contribution in [1.82, 2.24) is 5.32 Å². The van der Waals surface area contributed by atoms with Gasteiger partial charge in [-0.15, -0.1) is 0 Å². The SMILES string of the molecule is COc1ccc(NC(=O)C(C)OC(=O)C(CCSC)NC(=O)c2ccccc2)c([N+](=O)[O-])c1. The highest BCUT2D eigenvalue weighted by molar-refractivity contribution is 7.98. The zero-order valence-corrected chi connectivity index (χ0v) is 19.2. The number of nitro groups is 1. The molecule has 2 rings (SSSR count). The highest BCUT2D eigenvalue weighted by Crippen LogP contribution is 2.29. The minimum Gasteiger partial charge on any atom is -0.496 e. The lowest BCUT2D eigenvalue weighted by molar-refractivity contribution is -0.384. The number of benzene rings is 2. The van der Waals surface area contributed by atoms with Crippen LogP contribution in [-0.4, -0.2) is 54.0 Å². The first kappa shape index (κ1) is 25.7. The van der Waals surface area contributed by atoms with E-state index in [0.717, 1.165) is 0 Å². The van der Waals surface area contributed by atoms with Gasteiger partial charge in [0.2, 0.25) is 0 Å². The predicted octanol–water partition coefficient (Wildman–Crippen LogP) is 3.03. The molecule has 0 bridgehead atoms. The summed E-state index contributed by atoms with van der Waals surface area (Å²) in [4.78, 5) is 48.3. The zero-order chi connectivity index (χ0) is 24.4. The number of nitro benzene ring substituents is 1. The third-order valence-electron chi connectivity index (χ3n) is 4.56. The molecule has 2 aromatic rings. The molecule has 0 fully saturated rings. The number of carbonyl (C=O) groups is 3. The number of amides is 2. The molecule has 0 aromatic heterocycles. The Morgan fingerprint density at radius 3 is 2.45 bits per heavy atom. The number of hydrogen-bond acceptors (Lipinski definition) is 8. The number of hydrogen-bond donors (Lipinski definition) is 2. The van der Waals surface area contributed by atoms with Crippen LogP contribution >= 0.6 is 11.8 Å². The van der Waals surface area contributed by atoms with Gasteiger partial charge < -0.3 is 20.1 Å². The molecule has 0 saturated carbocycles. The van der Waals surface area contributed by atoms with Crippen LogP contribution in [0.4, 0.5) is 11.4 Å². The molecule has 10 nitrogen and oxygen atoms in total. The third-order valence-corrected chi connectivity index (χ3v) is 5.20. The van der Waals surface area contributed by atoms with Crippen LogP contribution in [0.2, 0.25) is 0 Å². The number of rotatable bonds is 11.